The summed E-state index contributed by atoms with van der Waals surface area (Å²) >= 11 is 0. The first-order valence-corrected chi connectivity index (χ1v) is 25.8. The molecule has 0 aromatic rings. The number of carbonyl (C=O) groups excluding carboxylic acids is 6. The van der Waals surface area contributed by atoms with Gasteiger partial charge in [-0.05, 0) is 51.4 Å². The normalized spacial score (nSPS) is 11.1. The summed E-state index contributed by atoms with van der Waals surface area (Å²) in [6.07, 6.45) is 1.58. The third kappa shape index (κ3) is 35.5. The van der Waals surface area contributed by atoms with E-state index in [4.69, 9.17) is 95.5 Å². The fourth-order valence-electron chi connectivity index (χ4n) is 5.33. The lowest BCUT2D eigenvalue weighted by Gasteiger charge is -2.25. The van der Waals surface area contributed by atoms with Gasteiger partial charge in [-0.15, -0.1) is 0 Å². The predicted octanol–water partition coefficient (Wildman–Crippen LogP) is -3.12. The molecule has 0 amide bonds. The highest BCUT2D eigenvalue weighted by atomic mass is 16.6. The van der Waals surface area contributed by atoms with Gasteiger partial charge in [-0.2, -0.15) is 0 Å². The minimum Gasteiger partial charge on any atom is -0.481 e. The van der Waals surface area contributed by atoms with Crippen LogP contribution in [0.4, 0.5) is 0 Å². The largest absolute Gasteiger partial charge is 0.481 e. The molecule has 0 rings (SSSR count). The zero-order valence-electron chi connectivity index (χ0n) is 47.6. The summed E-state index contributed by atoms with van der Waals surface area (Å²) in [6.45, 7) is 0.719. The molecule has 0 aromatic heterocycles. The highest BCUT2D eigenvalue weighted by Gasteiger charge is 2.41. The summed E-state index contributed by atoms with van der Waals surface area (Å²) in [5, 5.41) is 132. The number of aliphatic hydroxyl groups excluding tert-OH is 10. The van der Waals surface area contributed by atoms with Crippen molar-refractivity contribution < 1.29 is 162 Å². The number of ether oxygens (including phenoxy) is 7. The number of rotatable bonds is 41. The van der Waals surface area contributed by atoms with E-state index in [-0.39, 0.29) is 104 Å². The summed E-state index contributed by atoms with van der Waals surface area (Å²) < 4.78 is 32.6. The van der Waals surface area contributed by atoms with Gasteiger partial charge in [0, 0.05) is 19.3 Å². The number of carbonyl (C=O) groups is 11. The van der Waals surface area contributed by atoms with E-state index in [1.165, 1.54) is 0 Å². The van der Waals surface area contributed by atoms with Gasteiger partial charge >= 0.3 is 65.7 Å². The lowest BCUT2D eigenvalue weighted by atomic mass is 9.87. The first-order chi connectivity index (χ1) is 39.0. The zero-order valence-corrected chi connectivity index (χ0v) is 47.6. The Hall–Kier alpha value is -6.27. The van der Waals surface area contributed by atoms with Crippen LogP contribution in [0.1, 0.15) is 105 Å². The SMILES string of the molecule is CCC(CO)(CO)C(=O)OCC(=O)OCC(=O)O.CCC(CO)(CO)C(=O)OCCCC(=O)O.CCC(CO)(CO)C(=O)OCCCC(=O)O.CCC(CO)(CO)C(=O)OCCCC(=O)O.CCC(CO)(CO)C(=O)OCCOCC(=O)O. The number of aliphatic carboxylic acids is 5. The first kappa shape index (κ1) is 85.5. The molecular weight excluding hydrogens is 1130 g/mol. The molecule has 0 heterocycles. The molecule has 0 radical (unpaired) electrons. The minimum absolute atomic E-state index is 0.0209. The highest BCUT2D eigenvalue weighted by molar-refractivity contribution is 5.82. The molecule has 83 heavy (non-hydrogen) atoms. The molecule has 0 aliphatic rings. The minimum atomic E-state index is -1.47. The van der Waals surface area contributed by atoms with Crippen molar-refractivity contribution in [1.82, 2.24) is 0 Å². The van der Waals surface area contributed by atoms with Crippen molar-refractivity contribution in [1.29, 1.82) is 0 Å². The molecule has 0 spiro atoms. The summed E-state index contributed by atoms with van der Waals surface area (Å²) in [7, 11) is 0. The van der Waals surface area contributed by atoms with E-state index in [9.17, 15) is 52.7 Å². The van der Waals surface area contributed by atoms with Crippen LogP contribution in [0, 0.1) is 27.1 Å². The molecule has 0 aliphatic heterocycles. The second-order valence-corrected chi connectivity index (χ2v) is 17.9. The van der Waals surface area contributed by atoms with Crippen LogP contribution in [0.5, 0.6) is 0 Å². The maximum Gasteiger partial charge on any atom is 0.344 e. The van der Waals surface area contributed by atoms with Gasteiger partial charge < -0.3 is 110 Å². The molecule has 0 bridgehead atoms. The van der Waals surface area contributed by atoms with E-state index in [2.05, 4.69) is 14.2 Å². The van der Waals surface area contributed by atoms with Gasteiger partial charge in [0.2, 0.25) is 0 Å². The lowest BCUT2D eigenvalue weighted by molar-refractivity contribution is -0.171. The summed E-state index contributed by atoms with van der Waals surface area (Å²) in [4.78, 5) is 119. The number of hydrogen-bond acceptors (Lipinski definition) is 28. The van der Waals surface area contributed by atoms with E-state index in [1.807, 2.05) is 0 Å². The second kappa shape index (κ2) is 49.2. The third-order valence-corrected chi connectivity index (χ3v) is 12.2. The quantitative estimate of drug-likeness (QED) is 0.0164. The van der Waals surface area contributed by atoms with Crippen LogP contribution in [0.3, 0.4) is 0 Å². The molecule has 486 valence electrons. The molecule has 0 aliphatic carbocycles. The van der Waals surface area contributed by atoms with Gasteiger partial charge in [0.15, 0.2) is 13.2 Å². The maximum atomic E-state index is 11.5. The molecule has 0 saturated carbocycles. The van der Waals surface area contributed by atoms with Crippen molar-refractivity contribution in [2.75, 3.05) is 119 Å². The van der Waals surface area contributed by atoms with Crippen molar-refractivity contribution in [3.05, 3.63) is 0 Å². The van der Waals surface area contributed by atoms with E-state index >= 15 is 0 Å². The lowest BCUT2D eigenvalue weighted by Crippen LogP contribution is -2.40. The summed E-state index contributed by atoms with van der Waals surface area (Å²) in [5.41, 5.74) is -6.59. The average Bonchev–Trinajstić information content (AvgIpc) is 3.54. The topological polar surface area (TPSA) is 556 Å². The Bertz CT molecular complexity index is 1710. The smallest absolute Gasteiger partial charge is 0.344 e. The molecule has 0 atom stereocenters. The molecule has 0 fully saturated rings. The van der Waals surface area contributed by atoms with Crippen molar-refractivity contribution in [2.24, 2.45) is 27.1 Å². The van der Waals surface area contributed by atoms with E-state index < -0.39 is 179 Å². The first-order valence-electron chi connectivity index (χ1n) is 25.8. The predicted molar refractivity (Wildman–Crippen MR) is 277 cm³/mol. The number of aliphatic hydroxyl groups is 10. The summed E-state index contributed by atoms with van der Waals surface area (Å²) in [5.74, 6) is -10.1. The van der Waals surface area contributed by atoms with Crippen LogP contribution in [0.15, 0.2) is 0 Å². The molecule has 0 unspecified atom stereocenters. The van der Waals surface area contributed by atoms with Gasteiger partial charge in [0.25, 0.3) is 0 Å². The van der Waals surface area contributed by atoms with Crippen molar-refractivity contribution in [3.63, 3.8) is 0 Å². The van der Waals surface area contributed by atoms with Crippen molar-refractivity contribution in [2.45, 2.75) is 105 Å². The van der Waals surface area contributed by atoms with E-state index in [1.54, 1.807) is 34.6 Å². The average molecular weight is 1220 g/mol. The van der Waals surface area contributed by atoms with Gasteiger partial charge in [-0.25, -0.2) is 14.4 Å². The van der Waals surface area contributed by atoms with Crippen molar-refractivity contribution >= 4 is 65.7 Å². The van der Waals surface area contributed by atoms with E-state index in [0.717, 1.165) is 0 Å². The van der Waals surface area contributed by atoms with E-state index in [0.29, 0.717) is 0 Å². The Balaban J connectivity index is -0.000000306. The Morgan fingerprint density at radius 2 is 0.506 bits per heavy atom. The Labute approximate surface area is 478 Å². The molecule has 0 saturated heterocycles. The van der Waals surface area contributed by atoms with Gasteiger partial charge in [-0.1, -0.05) is 34.6 Å². The molecular formula is C50H88O33. The fraction of sp³-hybridized carbons (Fsp3) is 0.780. The third-order valence-electron chi connectivity index (χ3n) is 12.2. The number of carboxylic acid groups (broad SMARTS) is 5. The maximum absolute atomic E-state index is 11.5. The van der Waals surface area contributed by atoms with Gasteiger partial charge in [0.05, 0.1) is 92.5 Å². The van der Waals surface area contributed by atoms with Gasteiger partial charge in [0.1, 0.15) is 40.3 Å². The van der Waals surface area contributed by atoms with Crippen LogP contribution in [0.25, 0.3) is 0 Å². The Morgan fingerprint density at radius 1 is 0.277 bits per heavy atom. The fourth-order valence-corrected chi connectivity index (χ4v) is 5.33. The molecule has 0 aromatic carbocycles. The monoisotopic (exact) mass is 1220 g/mol. The zero-order chi connectivity index (χ0) is 65.3. The van der Waals surface area contributed by atoms with Crippen molar-refractivity contribution in [3.8, 4) is 0 Å². The number of esters is 6. The number of carboxylic acids is 5. The number of hydrogen-bond donors (Lipinski definition) is 15. The highest BCUT2D eigenvalue weighted by Crippen LogP contribution is 2.26. The standard InChI is InChI=1S/C10H16O8.C10H18O7.3C10H18O6/c1-2-10(5-11,6-12)9(16)18-4-8(15)17-3-7(13)14;1-2-10(6-11,7-12)9(15)17-4-3-16-5-8(13)14;3*1-2-10(6-11,7-12)9(15)16-5-3-4-8(13)14/h11-12H,2-6H2,1H3,(H,13,14);11-12H,2-7H2,1H3,(H,13,14);3*11-12H,2-7H2,1H3,(H,13,14). The summed E-state index contributed by atoms with van der Waals surface area (Å²) in [6, 6.07) is 0. The Morgan fingerprint density at radius 3 is 0.711 bits per heavy atom. The van der Waals surface area contributed by atoms with Crippen LogP contribution in [-0.2, 0) is 85.9 Å². The molecule has 15 N–H and O–H groups in total. The van der Waals surface area contributed by atoms with Crippen LogP contribution >= 0.6 is 0 Å². The molecule has 33 nitrogen and oxygen atoms in total. The second-order valence-electron chi connectivity index (χ2n) is 17.9. The van der Waals surface area contributed by atoms with Crippen LogP contribution < -0.4 is 0 Å². The Kier molecular flexibility index (Phi) is 50.7. The van der Waals surface area contributed by atoms with Crippen LogP contribution in [-0.4, -0.2) is 261 Å². The molecule has 33 heteroatoms. The van der Waals surface area contributed by atoms with Crippen LogP contribution in [0.2, 0.25) is 0 Å². The van der Waals surface area contributed by atoms with Gasteiger partial charge in [-0.3, -0.25) is 38.4 Å².